The van der Waals surface area contributed by atoms with Gasteiger partial charge in [0.2, 0.25) is 5.01 Å². The van der Waals surface area contributed by atoms with Gasteiger partial charge in [-0.3, -0.25) is 4.79 Å². The van der Waals surface area contributed by atoms with E-state index in [-0.39, 0.29) is 28.3 Å². The Bertz CT molecular complexity index is 1200. The highest BCUT2D eigenvalue weighted by molar-refractivity contribution is 7.09. The number of aromatic nitrogens is 1. The maximum absolute atomic E-state index is 13.4. The van der Waals surface area contributed by atoms with Crippen LogP contribution in [-0.2, 0) is 12.0 Å². The Balaban J connectivity index is 0.00000616. The van der Waals surface area contributed by atoms with Gasteiger partial charge in [0.1, 0.15) is 5.75 Å². The van der Waals surface area contributed by atoms with Gasteiger partial charge in [0.05, 0.1) is 12.0 Å². The molecule has 1 N–H and O–H groups in total. The molecule has 0 fully saturated rings. The second-order valence-electron chi connectivity index (χ2n) is 12.4. The van der Waals surface area contributed by atoms with Crippen molar-refractivity contribution in [2.75, 3.05) is 11.9 Å². The van der Waals surface area contributed by atoms with Gasteiger partial charge in [0.15, 0.2) is 12.7 Å². The molecule has 0 saturated carbocycles. The largest absolute Gasteiger partial charge is 1.00 e. The van der Waals surface area contributed by atoms with Crippen LogP contribution in [0.3, 0.4) is 0 Å². The smallest absolute Gasteiger partial charge is 0.256 e. The van der Waals surface area contributed by atoms with Crippen LogP contribution in [0.15, 0.2) is 54.0 Å². The van der Waals surface area contributed by atoms with Gasteiger partial charge in [-0.25, -0.2) is 0 Å². The minimum Gasteiger partial charge on any atom is -1.00 e. The van der Waals surface area contributed by atoms with Crippen LogP contribution in [0.25, 0.3) is 0 Å². The van der Waals surface area contributed by atoms with Gasteiger partial charge < -0.3 is 27.0 Å². The van der Waals surface area contributed by atoms with Crippen molar-refractivity contribution in [3.63, 3.8) is 0 Å². The third-order valence-corrected chi connectivity index (χ3v) is 8.62. The Labute approximate surface area is 270 Å². The Morgan fingerprint density at radius 1 is 0.881 bits per heavy atom. The summed E-state index contributed by atoms with van der Waals surface area (Å²) in [6.45, 7) is 12.4. The lowest BCUT2D eigenvalue weighted by molar-refractivity contribution is -0.689. The van der Waals surface area contributed by atoms with E-state index in [1.54, 1.807) is 11.3 Å². The summed E-state index contributed by atoms with van der Waals surface area (Å²) >= 11 is 1.71. The number of ether oxygens (including phenoxy) is 1. The summed E-state index contributed by atoms with van der Waals surface area (Å²) in [5, 5.41) is 6.43. The third kappa shape index (κ3) is 12.2. The first-order valence-electron chi connectivity index (χ1n) is 15.9. The minimum atomic E-state index is -0.0931. The number of carbonyl (C=O) groups is 1. The average molecular weight is 658 g/mol. The zero-order valence-electron chi connectivity index (χ0n) is 26.6. The van der Waals surface area contributed by atoms with Crippen LogP contribution >= 0.6 is 11.3 Å². The Kier molecular flexibility index (Phi) is 16.4. The van der Waals surface area contributed by atoms with Crippen molar-refractivity contribution in [2.24, 2.45) is 0 Å². The second-order valence-corrected chi connectivity index (χ2v) is 13.5. The van der Waals surface area contributed by atoms with Gasteiger partial charge in [-0.05, 0) is 29.5 Å². The van der Waals surface area contributed by atoms with Crippen molar-refractivity contribution < 1.29 is 31.1 Å². The lowest BCUT2D eigenvalue weighted by Gasteiger charge is -2.23. The molecule has 0 bridgehead atoms. The molecule has 1 amide bonds. The zero-order chi connectivity index (χ0) is 29.5. The molecule has 2 aromatic carbocycles. The molecular formula is C36H53BrN2O2S. The van der Waals surface area contributed by atoms with E-state index in [4.69, 9.17) is 4.74 Å². The number of nitrogens with one attached hydrogen (secondary N) is 1. The molecule has 0 saturated heterocycles. The van der Waals surface area contributed by atoms with Crippen LogP contribution in [0.5, 0.6) is 5.75 Å². The van der Waals surface area contributed by atoms with Crippen molar-refractivity contribution in [1.82, 2.24) is 0 Å². The molecule has 0 aliphatic rings. The summed E-state index contributed by atoms with van der Waals surface area (Å²) < 4.78 is 8.51. The molecular weight excluding hydrogens is 604 g/mol. The Hall–Kier alpha value is -2.18. The fourth-order valence-corrected chi connectivity index (χ4v) is 5.93. The van der Waals surface area contributed by atoms with Crippen molar-refractivity contribution >= 4 is 22.9 Å². The predicted octanol–water partition coefficient (Wildman–Crippen LogP) is 7.03. The molecule has 42 heavy (non-hydrogen) atoms. The first-order valence-corrected chi connectivity index (χ1v) is 16.8. The highest BCUT2D eigenvalue weighted by atomic mass is 79.9. The topological polar surface area (TPSA) is 42.2 Å². The normalized spacial score (nSPS) is 11.3. The number of unbranched alkanes of at least 4 members (excludes halogenated alkanes) is 11. The number of anilines is 1. The number of aryl methyl sites for hydroxylation is 1. The molecule has 0 aliphatic carbocycles. The van der Waals surface area contributed by atoms with E-state index in [1.807, 2.05) is 36.4 Å². The SMILES string of the molecule is CCCCCCCCCCCCCCOc1cc(NC(=O)c2ccccc2C[n+]2ccsc2C)ccc1C(C)(C)C.[Br-]. The number of amides is 1. The number of halogens is 1. The average Bonchev–Trinajstić information content (AvgIpc) is 3.35. The Morgan fingerprint density at radius 3 is 2.10 bits per heavy atom. The third-order valence-electron chi connectivity index (χ3n) is 7.79. The van der Waals surface area contributed by atoms with E-state index in [0.29, 0.717) is 18.7 Å². The molecule has 0 atom stereocenters. The molecule has 4 nitrogen and oxygen atoms in total. The quantitative estimate of drug-likeness (QED) is 0.118. The maximum Gasteiger partial charge on any atom is 0.256 e. The minimum absolute atomic E-state index is 0. The van der Waals surface area contributed by atoms with Crippen LogP contribution in [0.1, 0.15) is 131 Å². The molecule has 3 aromatic rings. The summed E-state index contributed by atoms with van der Waals surface area (Å²) in [6.07, 6.45) is 18.0. The van der Waals surface area contributed by atoms with Gasteiger partial charge in [-0.15, -0.1) is 0 Å². The van der Waals surface area contributed by atoms with Gasteiger partial charge in [-0.2, -0.15) is 4.57 Å². The lowest BCUT2D eigenvalue weighted by atomic mass is 9.86. The molecule has 0 spiro atoms. The summed E-state index contributed by atoms with van der Waals surface area (Å²) in [5.41, 5.74) is 3.59. The van der Waals surface area contributed by atoms with Crippen molar-refractivity contribution in [3.8, 4) is 5.75 Å². The fourth-order valence-electron chi connectivity index (χ4n) is 5.26. The number of thiazole rings is 1. The molecule has 0 unspecified atom stereocenters. The number of nitrogens with zero attached hydrogens (tertiary/aromatic N) is 1. The number of benzene rings is 2. The maximum atomic E-state index is 13.4. The van der Waals surface area contributed by atoms with Gasteiger partial charge in [0, 0.05) is 29.8 Å². The second kappa shape index (κ2) is 19.2. The molecule has 1 heterocycles. The molecule has 0 aliphatic heterocycles. The predicted molar refractivity (Wildman–Crippen MR) is 174 cm³/mol. The monoisotopic (exact) mass is 656 g/mol. The highest BCUT2D eigenvalue weighted by Crippen LogP contribution is 2.34. The summed E-state index contributed by atoms with van der Waals surface area (Å²) in [7, 11) is 0. The van der Waals surface area contributed by atoms with Crippen LogP contribution in [0.4, 0.5) is 5.69 Å². The zero-order valence-corrected chi connectivity index (χ0v) is 29.0. The van der Waals surface area contributed by atoms with E-state index < -0.39 is 0 Å². The first kappa shape index (κ1) is 36.0. The van der Waals surface area contributed by atoms with E-state index in [2.05, 4.69) is 62.1 Å². The van der Waals surface area contributed by atoms with E-state index in [0.717, 1.165) is 23.4 Å². The molecule has 6 heteroatoms. The van der Waals surface area contributed by atoms with E-state index in [1.165, 1.54) is 81.2 Å². The summed E-state index contributed by atoms with van der Waals surface area (Å²) in [4.78, 5) is 13.4. The van der Waals surface area contributed by atoms with Crippen LogP contribution in [-0.4, -0.2) is 12.5 Å². The van der Waals surface area contributed by atoms with Crippen molar-refractivity contribution in [3.05, 3.63) is 75.7 Å². The number of carbonyl (C=O) groups excluding carboxylic acids is 1. The number of hydrogen-bond acceptors (Lipinski definition) is 3. The standard InChI is InChI=1S/C36H52N2O2S.BrH/c1-6-7-8-9-10-11-12-13-14-15-16-19-25-40-34-27-31(22-23-33(34)36(3,4)5)37-35(39)32-21-18-17-20-30(32)28-38-24-26-41-29(38)2;/h17-18,20-24,26-27H,6-16,19,25,28H2,1-5H3;1H. The molecule has 1 aromatic heterocycles. The van der Waals surface area contributed by atoms with Crippen LogP contribution in [0, 0.1) is 6.92 Å². The molecule has 3 rings (SSSR count). The van der Waals surface area contributed by atoms with Crippen molar-refractivity contribution in [1.29, 1.82) is 0 Å². The van der Waals surface area contributed by atoms with E-state index in [9.17, 15) is 4.79 Å². The van der Waals surface area contributed by atoms with E-state index >= 15 is 0 Å². The number of hydrogen-bond donors (Lipinski definition) is 1. The van der Waals surface area contributed by atoms with Crippen LogP contribution < -0.4 is 31.6 Å². The van der Waals surface area contributed by atoms with Gasteiger partial charge in [-0.1, -0.05) is 134 Å². The fraction of sp³-hybridized carbons (Fsp3) is 0.556. The molecule has 232 valence electrons. The summed E-state index contributed by atoms with van der Waals surface area (Å²) in [6, 6.07) is 14.0. The summed E-state index contributed by atoms with van der Waals surface area (Å²) in [5.74, 6) is 0.778. The van der Waals surface area contributed by atoms with Crippen LogP contribution in [0.2, 0.25) is 0 Å². The van der Waals surface area contributed by atoms with Gasteiger partial charge >= 0.3 is 0 Å². The first-order chi connectivity index (χ1) is 19.8. The van der Waals surface area contributed by atoms with Crippen molar-refractivity contribution in [2.45, 2.75) is 124 Å². The molecule has 0 radical (unpaired) electrons. The lowest BCUT2D eigenvalue weighted by Crippen LogP contribution is -3.00. The number of rotatable bonds is 18. The highest BCUT2D eigenvalue weighted by Gasteiger charge is 2.21. The van der Waals surface area contributed by atoms with Gasteiger partial charge in [0.25, 0.3) is 5.91 Å². The Morgan fingerprint density at radius 2 is 1.50 bits per heavy atom.